The number of carbonyl (C=O) groups is 1. The summed E-state index contributed by atoms with van der Waals surface area (Å²) in [5, 5.41) is 21.2. The minimum absolute atomic E-state index is 0.00960. The van der Waals surface area contributed by atoms with Crippen molar-refractivity contribution in [3.63, 3.8) is 0 Å². The predicted molar refractivity (Wildman–Crippen MR) is 68.4 cm³/mol. The second-order valence-electron chi connectivity index (χ2n) is 4.90. The Kier molecular flexibility index (Phi) is 4.33. The maximum atomic E-state index is 10.5. The van der Waals surface area contributed by atoms with Gasteiger partial charge in [-0.1, -0.05) is 30.3 Å². The number of aliphatic hydroxyl groups excluding tert-OH is 1. The number of hydrogen-bond donors (Lipinski definition) is 3. The zero-order valence-electron chi connectivity index (χ0n) is 10.2. The summed E-state index contributed by atoms with van der Waals surface area (Å²) < 4.78 is 0. The Morgan fingerprint density at radius 3 is 2.61 bits per heavy atom. The van der Waals surface area contributed by atoms with Crippen LogP contribution in [0.3, 0.4) is 0 Å². The smallest absolute Gasteiger partial charge is 0.317 e. The van der Waals surface area contributed by atoms with E-state index in [0.717, 1.165) is 12.8 Å². The highest BCUT2D eigenvalue weighted by molar-refractivity contribution is 5.69. The second kappa shape index (κ2) is 5.98. The molecule has 2 rings (SSSR count). The van der Waals surface area contributed by atoms with Gasteiger partial charge in [-0.25, -0.2) is 0 Å². The molecule has 1 saturated carbocycles. The summed E-state index contributed by atoms with van der Waals surface area (Å²) in [4.78, 5) is 10.5. The summed E-state index contributed by atoms with van der Waals surface area (Å²) in [6, 6.07) is 10.3. The molecule has 0 aromatic heterocycles. The molecule has 1 aromatic carbocycles. The Morgan fingerprint density at radius 1 is 1.28 bits per heavy atom. The van der Waals surface area contributed by atoms with E-state index in [4.69, 9.17) is 5.11 Å². The quantitative estimate of drug-likeness (QED) is 0.733. The number of carboxylic acid groups (broad SMARTS) is 1. The monoisotopic (exact) mass is 249 g/mol. The largest absolute Gasteiger partial charge is 0.480 e. The number of nitrogens with one attached hydrogen (secondary N) is 1. The minimum Gasteiger partial charge on any atom is -0.480 e. The molecule has 0 amide bonds. The van der Waals surface area contributed by atoms with Gasteiger partial charge in [0.1, 0.15) is 0 Å². The van der Waals surface area contributed by atoms with Gasteiger partial charge < -0.3 is 15.5 Å². The first-order valence-corrected chi connectivity index (χ1v) is 6.31. The molecule has 0 radical (unpaired) electrons. The van der Waals surface area contributed by atoms with E-state index in [0.29, 0.717) is 5.92 Å². The number of benzene rings is 1. The van der Waals surface area contributed by atoms with Gasteiger partial charge in [0.15, 0.2) is 0 Å². The van der Waals surface area contributed by atoms with Crippen molar-refractivity contribution in [1.29, 1.82) is 0 Å². The van der Waals surface area contributed by atoms with Crippen LogP contribution in [-0.4, -0.2) is 35.4 Å². The molecule has 98 valence electrons. The molecular formula is C14H19NO3. The fourth-order valence-electron chi connectivity index (χ4n) is 2.83. The fourth-order valence-corrected chi connectivity index (χ4v) is 2.83. The molecule has 4 heteroatoms. The van der Waals surface area contributed by atoms with E-state index in [2.05, 4.69) is 17.4 Å². The molecule has 3 unspecified atom stereocenters. The third-order valence-electron chi connectivity index (χ3n) is 3.70. The van der Waals surface area contributed by atoms with Crippen LogP contribution in [0.2, 0.25) is 0 Å². The molecule has 1 aromatic rings. The maximum Gasteiger partial charge on any atom is 0.317 e. The van der Waals surface area contributed by atoms with Crippen molar-refractivity contribution in [3.8, 4) is 0 Å². The van der Waals surface area contributed by atoms with Gasteiger partial charge in [-0.05, 0) is 30.2 Å². The zero-order valence-corrected chi connectivity index (χ0v) is 10.2. The molecule has 0 saturated heterocycles. The summed E-state index contributed by atoms with van der Waals surface area (Å²) in [6.45, 7) is 0.148. The summed E-state index contributed by atoms with van der Waals surface area (Å²) >= 11 is 0. The van der Waals surface area contributed by atoms with Crippen molar-refractivity contribution >= 4 is 5.97 Å². The highest BCUT2D eigenvalue weighted by Crippen LogP contribution is 2.39. The van der Waals surface area contributed by atoms with E-state index in [-0.39, 0.29) is 25.1 Å². The minimum atomic E-state index is -0.835. The van der Waals surface area contributed by atoms with Crippen LogP contribution in [0.1, 0.15) is 24.3 Å². The molecule has 4 nitrogen and oxygen atoms in total. The number of aliphatic hydroxyl groups is 1. The molecule has 1 aliphatic carbocycles. The maximum absolute atomic E-state index is 10.5. The lowest BCUT2D eigenvalue weighted by Gasteiger charge is -2.17. The molecule has 0 spiro atoms. The van der Waals surface area contributed by atoms with E-state index in [9.17, 15) is 9.90 Å². The van der Waals surface area contributed by atoms with Gasteiger partial charge in [-0.3, -0.25) is 4.79 Å². The lowest BCUT2D eigenvalue weighted by Crippen LogP contribution is -2.31. The van der Waals surface area contributed by atoms with Crippen molar-refractivity contribution in [2.45, 2.75) is 24.8 Å². The molecule has 1 fully saturated rings. The Bertz CT molecular complexity index is 393. The van der Waals surface area contributed by atoms with Crippen LogP contribution in [0.4, 0.5) is 0 Å². The SMILES string of the molecule is O=C(O)CNC1CC(CO)C(c2ccccc2)C1. The Labute approximate surface area is 107 Å². The topological polar surface area (TPSA) is 69.6 Å². The standard InChI is InChI=1S/C14H19NO3/c16-9-11-6-12(15-8-14(17)18)7-13(11)10-4-2-1-3-5-10/h1-5,11-13,15-16H,6-9H2,(H,17,18). The van der Waals surface area contributed by atoms with E-state index in [1.165, 1.54) is 5.56 Å². The molecular weight excluding hydrogens is 230 g/mol. The average Bonchev–Trinajstić information content (AvgIpc) is 2.80. The summed E-state index contributed by atoms with van der Waals surface area (Å²) in [6.07, 6.45) is 1.73. The number of carboxylic acids is 1. The van der Waals surface area contributed by atoms with Crippen LogP contribution >= 0.6 is 0 Å². The van der Waals surface area contributed by atoms with Crippen molar-refractivity contribution in [2.75, 3.05) is 13.2 Å². The highest BCUT2D eigenvalue weighted by Gasteiger charge is 2.34. The van der Waals surface area contributed by atoms with Gasteiger partial charge in [0.2, 0.25) is 0 Å². The lowest BCUT2D eigenvalue weighted by atomic mass is 9.89. The van der Waals surface area contributed by atoms with E-state index in [1.807, 2.05) is 18.2 Å². The highest BCUT2D eigenvalue weighted by atomic mass is 16.4. The van der Waals surface area contributed by atoms with Gasteiger partial charge >= 0.3 is 5.97 Å². The first kappa shape index (κ1) is 13.1. The van der Waals surface area contributed by atoms with Crippen LogP contribution in [-0.2, 0) is 4.79 Å². The summed E-state index contributed by atoms with van der Waals surface area (Å²) in [5.41, 5.74) is 1.23. The van der Waals surface area contributed by atoms with Crippen LogP contribution < -0.4 is 5.32 Å². The van der Waals surface area contributed by atoms with Crippen LogP contribution in [0, 0.1) is 5.92 Å². The van der Waals surface area contributed by atoms with Gasteiger partial charge in [0, 0.05) is 12.6 Å². The Hall–Kier alpha value is -1.39. The second-order valence-corrected chi connectivity index (χ2v) is 4.90. The Balaban J connectivity index is 2.01. The average molecular weight is 249 g/mol. The molecule has 0 heterocycles. The lowest BCUT2D eigenvalue weighted by molar-refractivity contribution is -0.136. The molecule has 0 aliphatic heterocycles. The summed E-state index contributed by atoms with van der Waals surface area (Å²) in [7, 11) is 0. The van der Waals surface area contributed by atoms with Gasteiger partial charge in [-0.15, -0.1) is 0 Å². The van der Waals surface area contributed by atoms with E-state index in [1.54, 1.807) is 0 Å². The number of aliphatic carboxylic acids is 1. The van der Waals surface area contributed by atoms with Gasteiger partial charge in [-0.2, -0.15) is 0 Å². The van der Waals surface area contributed by atoms with Crippen LogP contribution in [0.25, 0.3) is 0 Å². The molecule has 0 bridgehead atoms. The predicted octanol–water partition coefficient (Wildman–Crippen LogP) is 1.22. The number of rotatable bonds is 5. The zero-order chi connectivity index (χ0) is 13.0. The van der Waals surface area contributed by atoms with Crippen molar-refractivity contribution in [1.82, 2.24) is 5.32 Å². The number of hydrogen-bond acceptors (Lipinski definition) is 3. The van der Waals surface area contributed by atoms with Crippen molar-refractivity contribution in [2.24, 2.45) is 5.92 Å². The van der Waals surface area contributed by atoms with Crippen LogP contribution in [0.15, 0.2) is 30.3 Å². The third-order valence-corrected chi connectivity index (χ3v) is 3.70. The van der Waals surface area contributed by atoms with Crippen LogP contribution in [0.5, 0.6) is 0 Å². The third kappa shape index (κ3) is 3.09. The molecule has 3 atom stereocenters. The van der Waals surface area contributed by atoms with Gasteiger partial charge in [0.25, 0.3) is 0 Å². The Morgan fingerprint density at radius 2 is 2.00 bits per heavy atom. The molecule has 1 aliphatic rings. The summed E-state index contributed by atoms with van der Waals surface area (Å²) in [5.74, 6) is -0.292. The fraction of sp³-hybridized carbons (Fsp3) is 0.500. The molecule has 18 heavy (non-hydrogen) atoms. The first-order chi connectivity index (χ1) is 8.70. The normalized spacial score (nSPS) is 27.3. The first-order valence-electron chi connectivity index (χ1n) is 6.31. The van der Waals surface area contributed by atoms with E-state index < -0.39 is 5.97 Å². The van der Waals surface area contributed by atoms with E-state index >= 15 is 0 Å². The van der Waals surface area contributed by atoms with Crippen molar-refractivity contribution in [3.05, 3.63) is 35.9 Å². The van der Waals surface area contributed by atoms with Crippen molar-refractivity contribution < 1.29 is 15.0 Å². The molecule has 3 N–H and O–H groups in total. The van der Waals surface area contributed by atoms with Gasteiger partial charge in [0.05, 0.1) is 6.54 Å².